The van der Waals surface area contributed by atoms with Crippen LogP contribution in [0.5, 0.6) is 0 Å². The lowest BCUT2D eigenvalue weighted by Gasteiger charge is -2.30. The molecule has 254 valence electrons. The molecule has 1 N–H and O–H groups in total. The van der Waals surface area contributed by atoms with E-state index in [-0.39, 0.29) is 40.6 Å². The first-order valence-electron chi connectivity index (χ1n) is 16.5. The standard InChI is InChI=1S/C36H46ClN3O5S2/c1-36(2,3)35(41)30-12-8-27(9-13-30)24-39(25-29-20-22-38-23-21-29)46(42,43)33-16-18-34(19-17-33)47(44,45)40(32-6-4-5-7-32)26-28-10-14-31(37)15-11-28/h8-19,29,32,38H,4-7,20-26H2,1-3H3. The summed E-state index contributed by atoms with van der Waals surface area (Å²) < 4.78 is 59.5. The van der Waals surface area contributed by atoms with E-state index in [1.54, 1.807) is 28.6 Å². The summed E-state index contributed by atoms with van der Waals surface area (Å²) in [4.78, 5) is 12.9. The highest BCUT2D eigenvalue weighted by Gasteiger charge is 2.34. The second kappa shape index (κ2) is 14.9. The molecule has 8 nitrogen and oxygen atoms in total. The van der Waals surface area contributed by atoms with Gasteiger partial charge in [0.15, 0.2) is 5.78 Å². The maximum absolute atomic E-state index is 14.2. The van der Waals surface area contributed by atoms with Gasteiger partial charge in [0.2, 0.25) is 20.0 Å². The van der Waals surface area contributed by atoms with E-state index in [1.165, 1.54) is 28.6 Å². The minimum Gasteiger partial charge on any atom is -0.317 e. The first-order chi connectivity index (χ1) is 22.2. The van der Waals surface area contributed by atoms with Crippen LogP contribution >= 0.6 is 11.6 Å². The van der Waals surface area contributed by atoms with Crippen LogP contribution in [0.15, 0.2) is 82.6 Å². The van der Waals surface area contributed by atoms with Crippen LogP contribution in [-0.4, -0.2) is 56.9 Å². The highest BCUT2D eigenvalue weighted by atomic mass is 35.5. The summed E-state index contributed by atoms with van der Waals surface area (Å²) in [5.74, 6) is 0.221. The van der Waals surface area contributed by atoms with Gasteiger partial charge in [0.1, 0.15) is 0 Å². The molecule has 0 bridgehead atoms. The lowest BCUT2D eigenvalue weighted by molar-refractivity contribution is 0.0858. The third-order valence-electron chi connectivity index (χ3n) is 9.23. The van der Waals surface area contributed by atoms with E-state index in [4.69, 9.17) is 11.6 Å². The van der Waals surface area contributed by atoms with Gasteiger partial charge in [-0.15, -0.1) is 0 Å². The fraction of sp³-hybridized carbons (Fsp3) is 0.472. The van der Waals surface area contributed by atoms with Gasteiger partial charge >= 0.3 is 0 Å². The molecular weight excluding hydrogens is 654 g/mol. The van der Waals surface area contributed by atoms with Crippen LogP contribution in [-0.2, 0) is 33.1 Å². The van der Waals surface area contributed by atoms with Crippen molar-refractivity contribution in [2.24, 2.45) is 11.3 Å². The number of hydrogen-bond donors (Lipinski definition) is 1. The molecule has 5 rings (SSSR count). The fourth-order valence-corrected chi connectivity index (χ4v) is 9.74. The minimum absolute atomic E-state index is 0.0259. The molecule has 1 aliphatic heterocycles. The molecule has 1 heterocycles. The molecule has 0 spiro atoms. The predicted molar refractivity (Wildman–Crippen MR) is 186 cm³/mol. The van der Waals surface area contributed by atoms with Gasteiger partial charge in [-0.3, -0.25) is 4.79 Å². The monoisotopic (exact) mass is 699 g/mol. The Morgan fingerprint density at radius 2 is 1.26 bits per heavy atom. The largest absolute Gasteiger partial charge is 0.317 e. The molecule has 0 amide bonds. The van der Waals surface area contributed by atoms with Gasteiger partial charge in [-0.2, -0.15) is 8.61 Å². The lowest BCUT2D eigenvalue weighted by Crippen LogP contribution is -2.39. The van der Waals surface area contributed by atoms with Gasteiger partial charge in [0.25, 0.3) is 0 Å². The number of benzene rings is 3. The zero-order chi connectivity index (χ0) is 33.8. The number of Topliss-reactive ketones (excluding diaryl/α,β-unsaturated/α-hetero) is 1. The van der Waals surface area contributed by atoms with Crippen LogP contribution in [0.3, 0.4) is 0 Å². The van der Waals surface area contributed by atoms with Crippen LogP contribution in [0.1, 0.15) is 80.8 Å². The number of sulfonamides is 2. The molecule has 3 aromatic carbocycles. The maximum Gasteiger partial charge on any atom is 0.243 e. The van der Waals surface area contributed by atoms with Crippen LogP contribution < -0.4 is 5.32 Å². The molecule has 1 aliphatic carbocycles. The van der Waals surface area contributed by atoms with Crippen molar-refractivity contribution < 1.29 is 21.6 Å². The first-order valence-corrected chi connectivity index (χ1v) is 19.7. The van der Waals surface area contributed by atoms with Crippen LogP contribution in [0.25, 0.3) is 0 Å². The van der Waals surface area contributed by atoms with E-state index in [1.807, 2.05) is 45.0 Å². The highest BCUT2D eigenvalue weighted by molar-refractivity contribution is 7.89. The third kappa shape index (κ3) is 8.71. The van der Waals surface area contributed by atoms with Gasteiger partial charge in [0.05, 0.1) is 9.79 Å². The molecule has 47 heavy (non-hydrogen) atoms. The van der Waals surface area contributed by atoms with Gasteiger partial charge in [-0.25, -0.2) is 16.8 Å². The Balaban J connectivity index is 1.40. The van der Waals surface area contributed by atoms with E-state index in [2.05, 4.69) is 5.32 Å². The number of piperidine rings is 1. The fourth-order valence-electron chi connectivity index (χ4n) is 6.44. The van der Waals surface area contributed by atoms with Gasteiger partial charge < -0.3 is 5.32 Å². The number of hydrogen-bond acceptors (Lipinski definition) is 6. The van der Waals surface area contributed by atoms with Gasteiger partial charge in [0, 0.05) is 41.7 Å². The van der Waals surface area contributed by atoms with Crippen LogP contribution in [0.2, 0.25) is 5.02 Å². The summed E-state index contributed by atoms with van der Waals surface area (Å²) in [6.45, 7) is 8.01. The van der Waals surface area contributed by atoms with Gasteiger partial charge in [-0.1, -0.05) is 81.6 Å². The number of ketones is 1. The highest BCUT2D eigenvalue weighted by Crippen LogP contribution is 2.32. The van der Waals surface area contributed by atoms with Crippen molar-refractivity contribution in [3.8, 4) is 0 Å². The van der Waals surface area contributed by atoms with Crippen molar-refractivity contribution in [1.82, 2.24) is 13.9 Å². The molecule has 0 aromatic heterocycles. The molecule has 3 aromatic rings. The molecule has 11 heteroatoms. The number of nitrogens with one attached hydrogen (secondary N) is 1. The average Bonchev–Trinajstić information content (AvgIpc) is 3.59. The van der Waals surface area contributed by atoms with Crippen molar-refractivity contribution in [3.05, 3.63) is 94.5 Å². The van der Waals surface area contributed by atoms with Crippen molar-refractivity contribution >= 4 is 37.4 Å². The zero-order valence-corrected chi connectivity index (χ0v) is 29.9. The summed E-state index contributed by atoms with van der Waals surface area (Å²) in [7, 11) is -7.88. The second-order valence-corrected chi connectivity index (χ2v) is 18.1. The maximum atomic E-state index is 14.2. The zero-order valence-electron chi connectivity index (χ0n) is 27.5. The number of halogens is 1. The number of carbonyl (C=O) groups is 1. The Labute approximate surface area is 285 Å². The Morgan fingerprint density at radius 1 is 0.745 bits per heavy atom. The van der Waals surface area contributed by atoms with Crippen molar-refractivity contribution in [2.75, 3.05) is 19.6 Å². The van der Waals surface area contributed by atoms with E-state index < -0.39 is 25.5 Å². The molecular formula is C36H46ClN3O5S2. The molecule has 2 aliphatic rings. The lowest BCUT2D eigenvalue weighted by atomic mass is 9.86. The molecule has 0 atom stereocenters. The summed E-state index contributed by atoms with van der Waals surface area (Å²) in [6, 6.07) is 19.9. The summed E-state index contributed by atoms with van der Waals surface area (Å²) in [5.41, 5.74) is 1.69. The number of rotatable bonds is 12. The van der Waals surface area contributed by atoms with Crippen molar-refractivity contribution in [3.63, 3.8) is 0 Å². The van der Waals surface area contributed by atoms with E-state index in [0.717, 1.165) is 62.7 Å². The Morgan fingerprint density at radius 3 is 1.81 bits per heavy atom. The van der Waals surface area contributed by atoms with E-state index >= 15 is 0 Å². The Bertz CT molecular complexity index is 1730. The smallest absolute Gasteiger partial charge is 0.243 e. The molecule has 2 fully saturated rings. The van der Waals surface area contributed by atoms with E-state index in [9.17, 15) is 21.6 Å². The second-order valence-electron chi connectivity index (χ2n) is 13.9. The van der Waals surface area contributed by atoms with Crippen molar-refractivity contribution in [2.45, 2.75) is 88.2 Å². The molecule has 1 saturated heterocycles. The minimum atomic E-state index is -3.97. The first kappa shape index (κ1) is 35.7. The molecule has 0 unspecified atom stereocenters. The Hall–Kier alpha value is -2.60. The quantitative estimate of drug-likeness (QED) is 0.207. The third-order valence-corrected chi connectivity index (χ3v) is 13.2. The molecule has 1 saturated carbocycles. The topological polar surface area (TPSA) is 104 Å². The summed E-state index contributed by atoms with van der Waals surface area (Å²) in [6.07, 6.45) is 5.25. The predicted octanol–water partition coefficient (Wildman–Crippen LogP) is 6.89. The number of nitrogens with zero attached hydrogens (tertiary/aromatic N) is 2. The van der Waals surface area contributed by atoms with Crippen molar-refractivity contribution in [1.29, 1.82) is 0 Å². The van der Waals surface area contributed by atoms with Gasteiger partial charge in [-0.05, 0) is 92.2 Å². The average molecular weight is 700 g/mol. The Kier molecular flexibility index (Phi) is 11.3. The van der Waals surface area contributed by atoms with Crippen LogP contribution in [0.4, 0.5) is 0 Å². The summed E-state index contributed by atoms with van der Waals surface area (Å²) >= 11 is 6.07. The van der Waals surface area contributed by atoms with Crippen LogP contribution in [0, 0.1) is 11.3 Å². The number of carbonyl (C=O) groups excluding carboxylic acids is 1. The summed E-state index contributed by atoms with van der Waals surface area (Å²) in [5, 5.41) is 3.92. The molecule has 0 radical (unpaired) electrons. The normalized spacial score (nSPS) is 17.1. The van der Waals surface area contributed by atoms with E-state index in [0.29, 0.717) is 17.1 Å². The SMILES string of the molecule is CC(C)(C)C(=O)c1ccc(CN(CC2CCNCC2)S(=O)(=O)c2ccc(S(=O)(=O)N(Cc3ccc(Cl)cc3)C3CCCC3)cc2)cc1.